The summed E-state index contributed by atoms with van der Waals surface area (Å²) in [6.45, 7) is 2.82. The summed E-state index contributed by atoms with van der Waals surface area (Å²) in [6.07, 6.45) is 31.0. The van der Waals surface area contributed by atoms with Gasteiger partial charge in [-0.1, -0.05) is 231 Å². The van der Waals surface area contributed by atoms with Crippen molar-refractivity contribution >= 4 is 5.91 Å². The minimum atomic E-state index is -1.78. The van der Waals surface area contributed by atoms with Gasteiger partial charge in [0.05, 0.1) is 32.0 Å². The van der Waals surface area contributed by atoms with Crippen molar-refractivity contribution in [3.05, 3.63) is 12.2 Å². The number of aliphatic hydroxyl groups is 8. The largest absolute Gasteiger partial charge is 0.394 e. The Balaban J connectivity index is 1.79. The van der Waals surface area contributed by atoms with E-state index in [1.54, 1.807) is 6.08 Å². The molecule has 2 aliphatic heterocycles. The van der Waals surface area contributed by atoms with E-state index in [0.717, 1.165) is 38.5 Å². The van der Waals surface area contributed by atoms with Crippen LogP contribution in [0.25, 0.3) is 0 Å². The highest BCUT2D eigenvalue weighted by atomic mass is 16.7. The highest BCUT2D eigenvalue weighted by molar-refractivity contribution is 5.76. The topological polar surface area (TPSA) is 228 Å². The first-order valence-electron chi connectivity index (χ1n) is 28.9. The van der Waals surface area contributed by atoms with Crippen molar-refractivity contribution in [2.75, 3.05) is 19.8 Å². The number of unbranched alkanes of at least 4 members (excludes halogenated alkanes) is 33. The molecule has 14 nitrogen and oxygen atoms in total. The number of ether oxygens (including phenoxy) is 4. The summed E-state index contributed by atoms with van der Waals surface area (Å²) in [5, 5.41) is 87.0. The molecule has 2 fully saturated rings. The predicted octanol–water partition coefficient (Wildman–Crippen LogP) is 9.11. The Morgan fingerprint density at radius 1 is 0.500 bits per heavy atom. The Kier molecular flexibility index (Phi) is 39.9. The molecule has 0 saturated carbocycles. The third-order valence-corrected chi connectivity index (χ3v) is 14.5. The molecular weight excluding hydrogens is 895 g/mol. The maximum absolute atomic E-state index is 13.2. The average Bonchev–Trinajstić information content (AvgIpc) is 3.36. The fourth-order valence-electron chi connectivity index (χ4n) is 9.76. The van der Waals surface area contributed by atoms with Gasteiger partial charge in [-0.05, 0) is 19.3 Å². The van der Waals surface area contributed by atoms with Gasteiger partial charge < -0.3 is 65.1 Å². The fraction of sp³-hybridized carbons (Fsp3) is 0.946. The molecule has 0 spiro atoms. The highest BCUT2D eigenvalue weighted by Crippen LogP contribution is 2.30. The quantitative estimate of drug-likeness (QED) is 0.0205. The number of carbonyl (C=O) groups excluding carboxylic acids is 1. The van der Waals surface area contributed by atoms with Gasteiger partial charge in [-0.3, -0.25) is 4.79 Å². The molecule has 0 aliphatic carbocycles. The van der Waals surface area contributed by atoms with E-state index in [1.807, 2.05) is 6.08 Å². The van der Waals surface area contributed by atoms with Gasteiger partial charge in [-0.15, -0.1) is 0 Å². The van der Waals surface area contributed by atoms with Crippen LogP contribution in [0.15, 0.2) is 12.2 Å². The molecule has 0 aromatic heterocycles. The number of hydrogen-bond donors (Lipinski definition) is 9. The van der Waals surface area contributed by atoms with E-state index in [-0.39, 0.29) is 18.9 Å². The lowest BCUT2D eigenvalue weighted by atomic mass is 9.97. The van der Waals surface area contributed by atoms with E-state index in [2.05, 4.69) is 19.2 Å². The van der Waals surface area contributed by atoms with E-state index < -0.39 is 86.8 Å². The average molecular weight is 1000 g/mol. The summed E-state index contributed by atoms with van der Waals surface area (Å²) in [7, 11) is 0. The van der Waals surface area contributed by atoms with Crippen LogP contribution in [0.5, 0.6) is 0 Å². The van der Waals surface area contributed by atoms with Crippen LogP contribution in [0, 0.1) is 0 Å². The number of allylic oxidation sites excluding steroid dienone is 1. The van der Waals surface area contributed by atoms with Crippen LogP contribution in [0.3, 0.4) is 0 Å². The zero-order valence-corrected chi connectivity index (χ0v) is 44.3. The third kappa shape index (κ3) is 29.0. The maximum Gasteiger partial charge on any atom is 0.220 e. The molecule has 0 bridgehead atoms. The van der Waals surface area contributed by atoms with Crippen LogP contribution in [0.2, 0.25) is 0 Å². The molecule has 14 heteroatoms. The minimum Gasteiger partial charge on any atom is -0.394 e. The number of nitrogens with one attached hydrogen (secondary N) is 1. The molecule has 70 heavy (non-hydrogen) atoms. The summed E-state index contributed by atoms with van der Waals surface area (Å²) in [5.74, 6) is -0.235. The van der Waals surface area contributed by atoms with E-state index >= 15 is 0 Å². The van der Waals surface area contributed by atoms with Crippen molar-refractivity contribution in [1.29, 1.82) is 0 Å². The van der Waals surface area contributed by atoms with Crippen LogP contribution in [-0.4, -0.2) is 140 Å². The van der Waals surface area contributed by atoms with Crippen molar-refractivity contribution in [2.45, 2.75) is 319 Å². The van der Waals surface area contributed by atoms with Crippen molar-refractivity contribution in [1.82, 2.24) is 5.32 Å². The molecule has 0 radical (unpaired) electrons. The summed E-state index contributed by atoms with van der Waals surface area (Å²) in [6, 6.07) is -0.909. The molecule has 12 atom stereocenters. The Morgan fingerprint density at radius 3 is 1.31 bits per heavy atom. The van der Waals surface area contributed by atoms with E-state index in [1.165, 1.54) is 180 Å². The number of rotatable bonds is 46. The normalized spacial score (nSPS) is 26.0. The van der Waals surface area contributed by atoms with Gasteiger partial charge in [0.1, 0.15) is 48.8 Å². The summed E-state index contributed by atoms with van der Waals surface area (Å²) >= 11 is 0. The second kappa shape index (κ2) is 43.0. The fourth-order valence-corrected chi connectivity index (χ4v) is 9.76. The van der Waals surface area contributed by atoms with Gasteiger partial charge in [0.2, 0.25) is 5.91 Å². The smallest absolute Gasteiger partial charge is 0.220 e. The van der Waals surface area contributed by atoms with E-state index in [4.69, 9.17) is 18.9 Å². The predicted molar refractivity (Wildman–Crippen MR) is 277 cm³/mol. The first kappa shape index (κ1) is 64.8. The van der Waals surface area contributed by atoms with Gasteiger partial charge in [0, 0.05) is 6.42 Å². The summed E-state index contributed by atoms with van der Waals surface area (Å²) in [4.78, 5) is 13.2. The SMILES string of the molecule is CCCCCCCCCCCCCCCCCCCC/C=C/C(O)C(COC1OC(CO)C(OC2OC(CO)C(O)C(O)C2O)C(O)C1O)NC(=O)CCCCCCCCCCCCCCCCCC. The van der Waals surface area contributed by atoms with Crippen molar-refractivity contribution in [3.63, 3.8) is 0 Å². The molecule has 12 unspecified atom stereocenters. The first-order valence-corrected chi connectivity index (χ1v) is 28.9. The van der Waals surface area contributed by atoms with Crippen LogP contribution in [-0.2, 0) is 23.7 Å². The Bertz CT molecular complexity index is 1230. The van der Waals surface area contributed by atoms with Crippen LogP contribution in [0.4, 0.5) is 0 Å². The zero-order valence-electron chi connectivity index (χ0n) is 44.3. The number of amides is 1. The molecule has 0 aromatic rings. The molecule has 2 saturated heterocycles. The molecule has 9 N–H and O–H groups in total. The number of carbonyl (C=O) groups is 1. The monoisotopic (exact) mass is 1000 g/mol. The lowest BCUT2D eigenvalue weighted by Crippen LogP contribution is -2.65. The lowest BCUT2D eigenvalue weighted by Gasteiger charge is -2.46. The van der Waals surface area contributed by atoms with Crippen molar-refractivity contribution < 1.29 is 64.6 Å². The molecule has 1 amide bonds. The Morgan fingerprint density at radius 2 is 0.886 bits per heavy atom. The van der Waals surface area contributed by atoms with Crippen LogP contribution in [0.1, 0.15) is 245 Å². The number of aliphatic hydroxyl groups excluding tert-OH is 8. The number of hydrogen-bond acceptors (Lipinski definition) is 13. The Labute approximate surface area is 425 Å². The molecular formula is C56H107NO13. The van der Waals surface area contributed by atoms with Gasteiger partial charge in [0.25, 0.3) is 0 Å². The van der Waals surface area contributed by atoms with Crippen molar-refractivity contribution in [3.8, 4) is 0 Å². The van der Waals surface area contributed by atoms with Crippen molar-refractivity contribution in [2.24, 2.45) is 0 Å². The minimum absolute atomic E-state index is 0.235. The Hall–Kier alpha value is -1.27. The standard InChI is InChI=1S/C56H107NO13/c1-3-5-7-9-11-13-15-17-19-21-22-23-24-25-27-29-31-33-35-37-39-45(60)44(57-48(61)40-38-36-34-32-30-28-26-20-18-16-14-12-10-8-6-4-2)43-67-55-53(66)51(64)54(47(42-59)69-55)70-56-52(65)50(63)49(62)46(41-58)68-56/h37,39,44-47,49-56,58-60,62-66H,3-36,38,40-43H2,1-2H3,(H,57,61)/b39-37+. The maximum atomic E-state index is 13.2. The van der Waals surface area contributed by atoms with Gasteiger partial charge >= 0.3 is 0 Å². The highest BCUT2D eigenvalue weighted by Gasteiger charge is 2.51. The molecule has 0 aromatic carbocycles. The van der Waals surface area contributed by atoms with Crippen LogP contribution < -0.4 is 5.32 Å². The van der Waals surface area contributed by atoms with E-state index in [0.29, 0.717) is 6.42 Å². The van der Waals surface area contributed by atoms with Crippen LogP contribution >= 0.6 is 0 Å². The third-order valence-electron chi connectivity index (χ3n) is 14.5. The lowest BCUT2D eigenvalue weighted by molar-refractivity contribution is -0.359. The summed E-state index contributed by atoms with van der Waals surface area (Å²) in [5.41, 5.74) is 0. The zero-order chi connectivity index (χ0) is 51.0. The van der Waals surface area contributed by atoms with Gasteiger partial charge in [-0.2, -0.15) is 0 Å². The molecule has 2 heterocycles. The molecule has 2 aliphatic rings. The second-order valence-electron chi connectivity index (χ2n) is 20.8. The second-order valence-corrected chi connectivity index (χ2v) is 20.8. The van der Waals surface area contributed by atoms with E-state index in [9.17, 15) is 45.6 Å². The first-order chi connectivity index (χ1) is 34.1. The van der Waals surface area contributed by atoms with Gasteiger partial charge in [-0.25, -0.2) is 0 Å². The molecule has 2 rings (SSSR count). The van der Waals surface area contributed by atoms with Gasteiger partial charge in [0.15, 0.2) is 12.6 Å². The summed E-state index contributed by atoms with van der Waals surface area (Å²) < 4.78 is 22.8. The molecule has 414 valence electrons.